The lowest BCUT2D eigenvalue weighted by atomic mass is 10.2. The summed E-state index contributed by atoms with van der Waals surface area (Å²) >= 11 is 14.0. The molecule has 11 heavy (non-hydrogen) atoms. The van der Waals surface area contributed by atoms with Gasteiger partial charge in [-0.1, -0.05) is 63.7 Å². The molecule has 0 aliphatic carbocycles. The Morgan fingerprint density at radius 1 is 1.18 bits per heavy atom. The topological polar surface area (TPSA) is 0 Å². The number of hydrogen-bond donors (Lipinski definition) is 0. The van der Waals surface area contributed by atoms with Gasteiger partial charge in [0.1, 0.15) is 0 Å². The van der Waals surface area contributed by atoms with E-state index >= 15 is 0 Å². The highest BCUT2D eigenvalue weighted by Gasteiger charge is 2.10. The molecule has 0 aliphatic rings. The maximum Gasteiger partial charge on any atom is 0.0196 e. The second kappa shape index (κ2) is 8.52. The molecular weight excluding hydrogens is 404 g/mol. The van der Waals surface area contributed by atoms with E-state index in [-0.39, 0.29) is 0 Å². The molecule has 2 atom stereocenters. The Labute approximate surface area is 102 Å². The summed E-state index contributed by atoms with van der Waals surface area (Å²) in [6, 6.07) is 0. The highest BCUT2D eigenvalue weighted by atomic mass is 79.9. The lowest BCUT2D eigenvalue weighted by Crippen LogP contribution is -2.09. The van der Waals surface area contributed by atoms with Crippen LogP contribution in [0.2, 0.25) is 0 Å². The van der Waals surface area contributed by atoms with Gasteiger partial charge in [-0.15, -0.1) is 0 Å². The minimum absolute atomic E-state index is 0.519. The van der Waals surface area contributed by atoms with Gasteiger partial charge in [-0.3, -0.25) is 0 Å². The maximum atomic E-state index is 3.61. The lowest BCUT2D eigenvalue weighted by Gasteiger charge is -2.11. The first-order chi connectivity index (χ1) is 5.20. The second-order valence-electron chi connectivity index (χ2n) is 2.22. The smallest absolute Gasteiger partial charge is 0.0196 e. The van der Waals surface area contributed by atoms with Gasteiger partial charge >= 0.3 is 0 Å². The standard InChI is InChI=1S/C7H11Br4/c8-3-1-6(10)5-7(11)2-4-9/h1,6-7H,2-5H2. The fourth-order valence-electron chi connectivity index (χ4n) is 0.673. The number of rotatable bonds is 6. The van der Waals surface area contributed by atoms with Crippen LogP contribution in [0.1, 0.15) is 12.8 Å². The van der Waals surface area contributed by atoms with Gasteiger partial charge in [-0.2, -0.15) is 0 Å². The van der Waals surface area contributed by atoms with Crippen molar-refractivity contribution in [2.24, 2.45) is 0 Å². The van der Waals surface area contributed by atoms with E-state index in [4.69, 9.17) is 0 Å². The summed E-state index contributed by atoms with van der Waals surface area (Å²) < 4.78 is 0. The number of halogens is 4. The van der Waals surface area contributed by atoms with Crippen LogP contribution in [0.25, 0.3) is 0 Å². The molecule has 0 saturated carbocycles. The average molecular weight is 415 g/mol. The van der Waals surface area contributed by atoms with Crippen LogP contribution < -0.4 is 0 Å². The van der Waals surface area contributed by atoms with E-state index in [0.29, 0.717) is 9.65 Å². The molecular formula is C7H11Br4. The van der Waals surface area contributed by atoms with E-state index < -0.39 is 0 Å². The van der Waals surface area contributed by atoms with Gasteiger partial charge in [0.15, 0.2) is 0 Å². The van der Waals surface area contributed by atoms with Crippen LogP contribution in [-0.2, 0) is 0 Å². The summed E-state index contributed by atoms with van der Waals surface area (Å²) in [5.74, 6) is 0. The van der Waals surface area contributed by atoms with Crippen molar-refractivity contribution in [3.05, 3.63) is 6.42 Å². The first-order valence-corrected chi connectivity index (χ1v) is 7.51. The summed E-state index contributed by atoms with van der Waals surface area (Å²) in [7, 11) is 0. The van der Waals surface area contributed by atoms with Crippen molar-refractivity contribution < 1.29 is 0 Å². The number of alkyl halides is 4. The minimum atomic E-state index is 0.519. The SMILES string of the molecule is BrC[CH]C(Br)CC(Br)CCBr. The summed E-state index contributed by atoms with van der Waals surface area (Å²) in [4.78, 5) is 1.13. The minimum Gasteiger partial charge on any atom is -0.0928 e. The van der Waals surface area contributed by atoms with Crippen LogP contribution in [0.15, 0.2) is 0 Å². The molecule has 2 unspecified atom stereocenters. The first kappa shape index (κ1) is 12.9. The van der Waals surface area contributed by atoms with Gasteiger partial charge in [-0.25, -0.2) is 0 Å². The zero-order chi connectivity index (χ0) is 8.69. The predicted octanol–water partition coefficient (Wildman–Crippen LogP) is 4.29. The molecule has 1 radical (unpaired) electrons. The van der Waals surface area contributed by atoms with E-state index in [1.807, 2.05) is 0 Å². The summed E-state index contributed by atoms with van der Waals surface area (Å²) in [6.45, 7) is 0. The van der Waals surface area contributed by atoms with E-state index in [2.05, 4.69) is 70.1 Å². The highest BCUT2D eigenvalue weighted by molar-refractivity contribution is 9.10. The molecule has 0 bridgehead atoms. The van der Waals surface area contributed by atoms with Crippen molar-refractivity contribution in [3.63, 3.8) is 0 Å². The Balaban J connectivity index is 3.32. The average Bonchev–Trinajstić information content (AvgIpc) is 1.87. The summed E-state index contributed by atoms with van der Waals surface area (Å²) in [5, 5.41) is 2.02. The van der Waals surface area contributed by atoms with Crippen molar-refractivity contribution in [1.82, 2.24) is 0 Å². The van der Waals surface area contributed by atoms with Gasteiger partial charge < -0.3 is 0 Å². The lowest BCUT2D eigenvalue weighted by molar-refractivity contribution is 0.765. The molecule has 0 heterocycles. The third kappa shape index (κ3) is 8.26. The molecule has 0 aromatic rings. The second-order valence-corrected chi connectivity index (χ2v) is 6.13. The van der Waals surface area contributed by atoms with Crippen LogP contribution in [0.5, 0.6) is 0 Å². The normalized spacial score (nSPS) is 16.4. The van der Waals surface area contributed by atoms with Crippen molar-refractivity contribution in [1.29, 1.82) is 0 Å². The zero-order valence-corrected chi connectivity index (χ0v) is 12.4. The van der Waals surface area contributed by atoms with Crippen LogP contribution in [0.3, 0.4) is 0 Å². The van der Waals surface area contributed by atoms with Crippen molar-refractivity contribution in [3.8, 4) is 0 Å². The molecule has 0 aromatic carbocycles. The molecule has 0 fully saturated rings. The monoisotopic (exact) mass is 411 g/mol. The van der Waals surface area contributed by atoms with Gasteiger partial charge in [0, 0.05) is 20.3 Å². The Hall–Kier alpha value is 1.92. The highest BCUT2D eigenvalue weighted by Crippen LogP contribution is 2.20. The summed E-state index contributed by atoms with van der Waals surface area (Å²) in [5.41, 5.74) is 0. The molecule has 0 amide bonds. The van der Waals surface area contributed by atoms with Crippen LogP contribution in [-0.4, -0.2) is 20.3 Å². The molecule has 0 aliphatic heterocycles. The number of hydrogen-bond acceptors (Lipinski definition) is 0. The third-order valence-electron chi connectivity index (χ3n) is 1.25. The fraction of sp³-hybridized carbons (Fsp3) is 0.857. The molecule has 0 N–H and O–H groups in total. The van der Waals surface area contributed by atoms with Gasteiger partial charge in [0.2, 0.25) is 0 Å². The molecule has 67 valence electrons. The zero-order valence-electron chi connectivity index (χ0n) is 6.07. The quantitative estimate of drug-likeness (QED) is 0.569. The van der Waals surface area contributed by atoms with Gasteiger partial charge in [0.25, 0.3) is 0 Å². The van der Waals surface area contributed by atoms with E-state index in [1.165, 1.54) is 6.42 Å². The Morgan fingerprint density at radius 3 is 2.27 bits per heavy atom. The Kier molecular flexibility index (Phi) is 10.0. The van der Waals surface area contributed by atoms with Crippen LogP contribution >= 0.6 is 63.7 Å². The van der Waals surface area contributed by atoms with Crippen LogP contribution in [0, 0.1) is 6.42 Å². The van der Waals surface area contributed by atoms with E-state index in [1.54, 1.807) is 0 Å². The predicted molar refractivity (Wildman–Crippen MR) is 66.6 cm³/mol. The van der Waals surface area contributed by atoms with Gasteiger partial charge in [-0.05, 0) is 19.3 Å². The molecule has 0 nitrogen and oxygen atoms in total. The third-order valence-corrected chi connectivity index (χ3v) is 3.66. The van der Waals surface area contributed by atoms with Crippen molar-refractivity contribution in [2.45, 2.75) is 22.5 Å². The maximum absolute atomic E-state index is 3.61. The van der Waals surface area contributed by atoms with E-state index in [9.17, 15) is 0 Å². The fourth-order valence-corrected chi connectivity index (χ4v) is 4.56. The van der Waals surface area contributed by atoms with Crippen molar-refractivity contribution in [2.75, 3.05) is 10.7 Å². The van der Waals surface area contributed by atoms with E-state index in [0.717, 1.165) is 17.1 Å². The largest absolute Gasteiger partial charge is 0.0928 e. The first-order valence-electron chi connectivity index (χ1n) is 3.44. The molecule has 4 heteroatoms. The Morgan fingerprint density at radius 2 is 1.82 bits per heavy atom. The van der Waals surface area contributed by atoms with Gasteiger partial charge in [0.05, 0.1) is 0 Å². The van der Waals surface area contributed by atoms with Crippen molar-refractivity contribution >= 4 is 63.7 Å². The molecule has 0 rings (SSSR count). The molecule has 0 spiro atoms. The Bertz CT molecular complexity index is 76.5. The molecule has 0 saturated heterocycles. The van der Waals surface area contributed by atoms with Crippen LogP contribution in [0.4, 0.5) is 0 Å². The molecule has 0 aromatic heterocycles. The summed E-state index contributed by atoms with van der Waals surface area (Å²) in [6.07, 6.45) is 4.54.